The van der Waals surface area contributed by atoms with Gasteiger partial charge in [-0.25, -0.2) is 8.42 Å². The van der Waals surface area contributed by atoms with Gasteiger partial charge in [-0.3, -0.25) is 13.9 Å². The molecule has 0 aliphatic rings. The third-order valence-electron chi connectivity index (χ3n) is 6.33. The lowest BCUT2D eigenvalue weighted by atomic mass is 10.1. The predicted octanol–water partition coefficient (Wildman–Crippen LogP) is 5.71. The largest absolute Gasteiger partial charge is 0.495 e. The van der Waals surface area contributed by atoms with Crippen LogP contribution in [0.1, 0.15) is 24.5 Å². The van der Waals surface area contributed by atoms with Gasteiger partial charge in [-0.2, -0.15) is 0 Å². The van der Waals surface area contributed by atoms with Crippen molar-refractivity contribution < 1.29 is 22.7 Å². The Balaban J connectivity index is 2.13. The number of nitrogens with zero attached hydrogens (tertiary/aromatic N) is 2. The van der Waals surface area contributed by atoms with E-state index in [2.05, 4.69) is 5.32 Å². The average Bonchev–Trinajstić information content (AvgIpc) is 2.92. The van der Waals surface area contributed by atoms with Crippen molar-refractivity contribution in [2.75, 3.05) is 25.0 Å². The minimum atomic E-state index is -4.25. The van der Waals surface area contributed by atoms with E-state index >= 15 is 0 Å². The number of carbonyl (C=O) groups excluding carboxylic acids is 2. The van der Waals surface area contributed by atoms with Crippen LogP contribution in [0.25, 0.3) is 0 Å². The summed E-state index contributed by atoms with van der Waals surface area (Å²) < 4.78 is 34.0. The second kappa shape index (κ2) is 13.6. The first-order chi connectivity index (χ1) is 18.9. The summed E-state index contributed by atoms with van der Waals surface area (Å²) in [5.41, 5.74) is 1.44. The number of aryl methyl sites for hydroxylation is 1. The Bertz CT molecular complexity index is 1460. The van der Waals surface area contributed by atoms with Gasteiger partial charge in [-0.05, 0) is 55.8 Å². The molecule has 12 heteroatoms. The molecule has 214 valence electrons. The lowest BCUT2D eigenvalue weighted by Crippen LogP contribution is -2.51. The third kappa shape index (κ3) is 7.01. The monoisotopic (exact) mass is 625 g/mol. The molecule has 8 nitrogen and oxygen atoms in total. The van der Waals surface area contributed by atoms with Gasteiger partial charge in [-0.15, -0.1) is 0 Å². The van der Waals surface area contributed by atoms with E-state index in [0.29, 0.717) is 21.4 Å². The van der Waals surface area contributed by atoms with Gasteiger partial charge in [0.25, 0.3) is 10.0 Å². The molecule has 0 saturated carbocycles. The average molecular weight is 627 g/mol. The quantitative estimate of drug-likeness (QED) is 0.294. The minimum absolute atomic E-state index is 0.0168. The highest BCUT2D eigenvalue weighted by Gasteiger charge is 2.34. The number of hydrogen-bond acceptors (Lipinski definition) is 5. The number of anilines is 1. The first-order valence-electron chi connectivity index (χ1n) is 12.3. The molecule has 2 amide bonds. The van der Waals surface area contributed by atoms with Gasteiger partial charge in [0.15, 0.2) is 0 Å². The zero-order chi connectivity index (χ0) is 29.6. The summed E-state index contributed by atoms with van der Waals surface area (Å²) in [5.74, 6) is -0.724. The van der Waals surface area contributed by atoms with Gasteiger partial charge in [0.05, 0.1) is 22.7 Å². The SMILES string of the molecule is CCC(C(=O)NC)N(Cc1c(Cl)cccc1Cl)C(=O)CN(c1ccc(OC)c(Cl)c1)S(=O)(=O)c1ccc(C)cc1. The number of methoxy groups -OCH3 is 1. The maximum absolute atomic E-state index is 14.0. The summed E-state index contributed by atoms with van der Waals surface area (Å²) in [7, 11) is -1.35. The molecule has 1 atom stereocenters. The normalized spacial score (nSPS) is 12.0. The van der Waals surface area contributed by atoms with Gasteiger partial charge in [0.2, 0.25) is 11.8 Å². The van der Waals surface area contributed by atoms with E-state index in [-0.39, 0.29) is 28.6 Å². The number of carbonyl (C=O) groups is 2. The first kappa shape index (κ1) is 31.5. The van der Waals surface area contributed by atoms with Crippen molar-refractivity contribution in [2.45, 2.75) is 37.8 Å². The number of hydrogen-bond donors (Lipinski definition) is 1. The van der Waals surface area contributed by atoms with Crippen molar-refractivity contribution in [3.63, 3.8) is 0 Å². The fraction of sp³-hybridized carbons (Fsp3) is 0.286. The highest BCUT2D eigenvalue weighted by molar-refractivity contribution is 7.92. The summed E-state index contributed by atoms with van der Waals surface area (Å²) in [6.07, 6.45) is 0.257. The Morgan fingerprint density at radius 2 is 1.60 bits per heavy atom. The molecule has 0 aliphatic heterocycles. The smallest absolute Gasteiger partial charge is 0.264 e. The Morgan fingerprint density at radius 3 is 2.12 bits per heavy atom. The van der Waals surface area contributed by atoms with Crippen LogP contribution in [0.4, 0.5) is 5.69 Å². The molecule has 3 aromatic carbocycles. The van der Waals surface area contributed by atoms with E-state index in [1.165, 1.54) is 49.4 Å². The molecule has 0 fully saturated rings. The molecule has 0 spiro atoms. The summed E-state index contributed by atoms with van der Waals surface area (Å²) in [4.78, 5) is 28.1. The zero-order valence-electron chi connectivity index (χ0n) is 22.4. The van der Waals surface area contributed by atoms with E-state index in [4.69, 9.17) is 39.5 Å². The fourth-order valence-electron chi connectivity index (χ4n) is 4.12. The number of amides is 2. The molecular formula is C28H30Cl3N3O5S. The summed E-state index contributed by atoms with van der Waals surface area (Å²) >= 11 is 19.1. The number of likely N-dealkylation sites (N-methyl/N-ethyl adjacent to an activating group) is 1. The first-order valence-corrected chi connectivity index (χ1v) is 14.9. The maximum Gasteiger partial charge on any atom is 0.264 e. The molecule has 40 heavy (non-hydrogen) atoms. The number of halogens is 3. The van der Waals surface area contributed by atoms with Crippen molar-refractivity contribution in [3.05, 3.63) is 86.9 Å². The number of nitrogens with one attached hydrogen (secondary N) is 1. The van der Waals surface area contributed by atoms with Crippen LogP contribution < -0.4 is 14.4 Å². The third-order valence-corrected chi connectivity index (χ3v) is 9.13. The zero-order valence-corrected chi connectivity index (χ0v) is 25.5. The lowest BCUT2D eigenvalue weighted by molar-refractivity contribution is -0.140. The molecule has 0 aliphatic carbocycles. The van der Waals surface area contributed by atoms with Crippen LogP contribution in [0.3, 0.4) is 0 Å². The lowest BCUT2D eigenvalue weighted by Gasteiger charge is -2.33. The van der Waals surface area contributed by atoms with Crippen LogP contribution in [0.5, 0.6) is 5.75 Å². The summed E-state index contributed by atoms with van der Waals surface area (Å²) in [5, 5.41) is 3.35. The Kier molecular flexibility index (Phi) is 10.7. The number of benzene rings is 3. The standard InChI is InChI=1S/C28H30Cl3N3O5S/c1-5-25(28(36)32-3)33(16-21-22(29)7-6-8-23(21)30)27(35)17-34(19-11-14-26(39-4)24(31)15-19)40(37,38)20-12-9-18(2)10-13-20/h6-15,25H,5,16-17H2,1-4H3,(H,32,36). The highest BCUT2D eigenvalue weighted by Crippen LogP contribution is 2.33. The topological polar surface area (TPSA) is 96.0 Å². The van der Waals surface area contributed by atoms with Crippen LogP contribution in [0.15, 0.2) is 65.6 Å². The van der Waals surface area contributed by atoms with Gasteiger partial charge >= 0.3 is 0 Å². The van der Waals surface area contributed by atoms with Crippen LogP contribution in [0.2, 0.25) is 15.1 Å². The molecule has 1 N–H and O–H groups in total. The second-order valence-electron chi connectivity index (χ2n) is 8.90. The van der Waals surface area contributed by atoms with Crippen LogP contribution >= 0.6 is 34.8 Å². The van der Waals surface area contributed by atoms with E-state index in [1.54, 1.807) is 37.3 Å². The Hall–Kier alpha value is -2.98. The number of sulfonamides is 1. The molecule has 1 unspecified atom stereocenters. The molecule has 3 aromatic rings. The molecule has 0 heterocycles. The van der Waals surface area contributed by atoms with E-state index in [1.807, 2.05) is 6.92 Å². The van der Waals surface area contributed by atoms with Crippen molar-refractivity contribution >= 4 is 62.3 Å². The molecule has 0 bridgehead atoms. The van der Waals surface area contributed by atoms with Gasteiger partial charge in [0, 0.05) is 29.2 Å². The van der Waals surface area contributed by atoms with Gasteiger partial charge < -0.3 is 15.0 Å². The van der Waals surface area contributed by atoms with Gasteiger partial charge in [-0.1, -0.05) is 65.5 Å². The summed E-state index contributed by atoms with van der Waals surface area (Å²) in [6.45, 7) is 2.83. The molecule has 0 aromatic heterocycles. The van der Waals surface area contributed by atoms with Crippen LogP contribution in [-0.2, 0) is 26.2 Å². The fourth-order valence-corrected chi connectivity index (χ4v) is 6.29. The van der Waals surface area contributed by atoms with Crippen LogP contribution in [-0.4, -0.2) is 51.9 Å². The van der Waals surface area contributed by atoms with Gasteiger partial charge in [0.1, 0.15) is 18.3 Å². The predicted molar refractivity (Wildman–Crippen MR) is 159 cm³/mol. The molecular weight excluding hydrogens is 597 g/mol. The molecule has 0 saturated heterocycles. The summed E-state index contributed by atoms with van der Waals surface area (Å²) in [6, 6.07) is 14.7. The molecule has 0 radical (unpaired) electrons. The highest BCUT2D eigenvalue weighted by atomic mass is 35.5. The maximum atomic E-state index is 14.0. The van der Waals surface area contributed by atoms with Crippen LogP contribution in [0, 0.1) is 6.92 Å². The minimum Gasteiger partial charge on any atom is -0.495 e. The van der Waals surface area contributed by atoms with E-state index in [9.17, 15) is 18.0 Å². The molecule has 3 rings (SSSR count). The van der Waals surface area contributed by atoms with Crippen molar-refractivity contribution in [1.82, 2.24) is 10.2 Å². The number of ether oxygens (including phenoxy) is 1. The second-order valence-corrected chi connectivity index (χ2v) is 12.0. The van der Waals surface area contributed by atoms with Crippen molar-refractivity contribution in [1.29, 1.82) is 0 Å². The van der Waals surface area contributed by atoms with E-state index in [0.717, 1.165) is 9.87 Å². The Labute approximate surface area is 249 Å². The van der Waals surface area contributed by atoms with Crippen molar-refractivity contribution in [3.8, 4) is 5.75 Å². The van der Waals surface area contributed by atoms with Crippen molar-refractivity contribution in [2.24, 2.45) is 0 Å². The van der Waals surface area contributed by atoms with E-state index < -0.39 is 34.4 Å². The Morgan fingerprint density at radius 1 is 0.975 bits per heavy atom. The number of rotatable bonds is 11.